The molecule has 0 heterocycles. The minimum atomic E-state index is -0.143. The quantitative estimate of drug-likeness (QED) is 0.738. The minimum absolute atomic E-state index is 0.0565. The van der Waals surface area contributed by atoms with Gasteiger partial charge < -0.3 is 21.3 Å². The molecule has 0 bridgehead atoms. The first-order valence-corrected chi connectivity index (χ1v) is 5.50. The number of ether oxygens (including phenoxy) is 1. The molecule has 1 rings (SSSR count). The van der Waals surface area contributed by atoms with Gasteiger partial charge in [-0.25, -0.2) is 0 Å². The summed E-state index contributed by atoms with van der Waals surface area (Å²) in [6, 6.07) is 3.21. The molecule has 0 aliphatic rings. The topological polar surface area (TPSA) is 81.5 Å². The lowest BCUT2D eigenvalue weighted by Crippen LogP contribution is -2.12. The van der Waals surface area contributed by atoms with Crippen molar-refractivity contribution in [3.05, 3.63) is 22.7 Å². The van der Waals surface area contributed by atoms with Gasteiger partial charge in [-0.15, -0.1) is 0 Å². The summed E-state index contributed by atoms with van der Waals surface area (Å²) in [5, 5.41) is 9.81. The Balaban J connectivity index is 2.92. The largest absolute Gasteiger partial charge is 0.503 e. The predicted molar refractivity (Wildman–Crippen MR) is 64.9 cm³/mol. The number of phenols is 1. The lowest BCUT2D eigenvalue weighted by molar-refractivity contribution is 0.372. The molecular formula is C11H17ClN2O2. The molecule has 1 aromatic carbocycles. The average molecular weight is 245 g/mol. The van der Waals surface area contributed by atoms with Crippen molar-refractivity contribution in [3.8, 4) is 11.5 Å². The van der Waals surface area contributed by atoms with Gasteiger partial charge >= 0.3 is 0 Å². The van der Waals surface area contributed by atoms with Gasteiger partial charge in [-0.2, -0.15) is 0 Å². The van der Waals surface area contributed by atoms with Crippen molar-refractivity contribution in [1.82, 2.24) is 0 Å². The number of hydrogen-bond donors (Lipinski definition) is 3. The maximum atomic E-state index is 9.56. The van der Waals surface area contributed by atoms with E-state index >= 15 is 0 Å². The highest BCUT2D eigenvalue weighted by Gasteiger charge is 2.13. The minimum Gasteiger partial charge on any atom is -0.503 e. The summed E-state index contributed by atoms with van der Waals surface area (Å²) in [6.45, 7) is 0.608. The molecule has 0 saturated heterocycles. The van der Waals surface area contributed by atoms with Crippen LogP contribution in [-0.4, -0.2) is 18.8 Å². The Labute approximate surface area is 100 Å². The molecule has 90 valence electrons. The maximum Gasteiger partial charge on any atom is 0.176 e. The Morgan fingerprint density at radius 2 is 2.19 bits per heavy atom. The molecule has 1 atom stereocenters. The number of aromatic hydroxyl groups is 1. The summed E-state index contributed by atoms with van der Waals surface area (Å²) in [5.74, 6) is 0.282. The fraction of sp³-hybridized carbons (Fsp3) is 0.455. The summed E-state index contributed by atoms with van der Waals surface area (Å²) < 4.78 is 5.01. The molecule has 0 radical (unpaired) electrons. The highest BCUT2D eigenvalue weighted by atomic mass is 35.5. The van der Waals surface area contributed by atoms with E-state index in [2.05, 4.69) is 0 Å². The molecular weight excluding hydrogens is 228 g/mol. The molecule has 5 N–H and O–H groups in total. The van der Waals surface area contributed by atoms with Crippen LogP contribution in [0.1, 0.15) is 24.4 Å². The number of nitrogens with two attached hydrogens (primary N) is 2. The number of rotatable bonds is 5. The van der Waals surface area contributed by atoms with Crippen LogP contribution in [-0.2, 0) is 0 Å². The van der Waals surface area contributed by atoms with Gasteiger partial charge in [0.25, 0.3) is 0 Å². The monoisotopic (exact) mass is 244 g/mol. The molecule has 0 aromatic heterocycles. The second-order valence-electron chi connectivity index (χ2n) is 3.59. The Kier molecular flexibility index (Phi) is 4.86. The summed E-state index contributed by atoms with van der Waals surface area (Å²) in [5.41, 5.74) is 12.2. The van der Waals surface area contributed by atoms with Crippen LogP contribution in [0, 0.1) is 0 Å². The maximum absolute atomic E-state index is 9.56. The summed E-state index contributed by atoms with van der Waals surface area (Å²) >= 11 is 5.87. The van der Waals surface area contributed by atoms with Crippen LogP contribution in [0.3, 0.4) is 0 Å². The first-order valence-electron chi connectivity index (χ1n) is 5.12. The van der Waals surface area contributed by atoms with Gasteiger partial charge in [0.05, 0.1) is 12.1 Å². The van der Waals surface area contributed by atoms with Gasteiger partial charge in [0.15, 0.2) is 11.5 Å². The van der Waals surface area contributed by atoms with Gasteiger partial charge in [0.1, 0.15) is 0 Å². The highest BCUT2D eigenvalue weighted by molar-refractivity contribution is 6.32. The van der Waals surface area contributed by atoms with E-state index in [1.165, 1.54) is 7.11 Å². The van der Waals surface area contributed by atoms with Gasteiger partial charge in [0.2, 0.25) is 0 Å². The standard InChI is InChI=1S/C11H17ClN2O2/c1-16-10-6-7(5-8(12)11(10)15)9(14)3-2-4-13/h5-6,9,15H,2-4,13-14H2,1H3/t9-/m1/s1. The third-order valence-corrected chi connectivity index (χ3v) is 2.71. The molecule has 5 heteroatoms. The summed E-state index contributed by atoms with van der Waals surface area (Å²) in [6.07, 6.45) is 1.63. The van der Waals surface area contributed by atoms with Gasteiger partial charge in [-0.3, -0.25) is 0 Å². The lowest BCUT2D eigenvalue weighted by atomic mass is 10.0. The number of benzene rings is 1. The second kappa shape index (κ2) is 5.94. The zero-order chi connectivity index (χ0) is 12.1. The van der Waals surface area contributed by atoms with E-state index in [0.717, 1.165) is 18.4 Å². The summed E-state index contributed by atoms with van der Waals surface area (Å²) in [7, 11) is 1.47. The number of halogens is 1. The first-order chi connectivity index (χ1) is 7.60. The van der Waals surface area contributed by atoms with Crippen LogP contribution in [0.4, 0.5) is 0 Å². The van der Waals surface area contributed by atoms with Gasteiger partial charge in [0, 0.05) is 6.04 Å². The van der Waals surface area contributed by atoms with E-state index in [9.17, 15) is 5.11 Å². The van der Waals surface area contributed by atoms with Crippen LogP contribution in [0.25, 0.3) is 0 Å². The van der Waals surface area contributed by atoms with E-state index in [-0.39, 0.29) is 16.8 Å². The molecule has 0 aliphatic heterocycles. The number of phenolic OH excluding ortho intramolecular Hbond substituents is 1. The molecule has 0 spiro atoms. The van der Waals surface area contributed by atoms with Crippen molar-refractivity contribution in [1.29, 1.82) is 0 Å². The van der Waals surface area contributed by atoms with Crippen molar-refractivity contribution in [2.45, 2.75) is 18.9 Å². The van der Waals surface area contributed by atoms with Gasteiger partial charge in [-0.1, -0.05) is 11.6 Å². The van der Waals surface area contributed by atoms with Gasteiger partial charge in [-0.05, 0) is 37.1 Å². The van der Waals surface area contributed by atoms with Crippen molar-refractivity contribution < 1.29 is 9.84 Å². The number of hydrogen-bond acceptors (Lipinski definition) is 4. The molecule has 4 nitrogen and oxygen atoms in total. The van der Waals surface area contributed by atoms with Crippen LogP contribution in [0.5, 0.6) is 11.5 Å². The molecule has 0 amide bonds. The fourth-order valence-electron chi connectivity index (χ4n) is 1.47. The third kappa shape index (κ3) is 3.01. The van der Waals surface area contributed by atoms with Crippen LogP contribution in [0.2, 0.25) is 5.02 Å². The van der Waals surface area contributed by atoms with Crippen molar-refractivity contribution in [2.75, 3.05) is 13.7 Å². The first kappa shape index (κ1) is 13.1. The van der Waals surface area contributed by atoms with E-state index in [0.29, 0.717) is 12.3 Å². The predicted octanol–water partition coefficient (Wildman–Crippen LogP) is 1.79. The normalized spacial score (nSPS) is 12.5. The SMILES string of the molecule is COc1cc([C@H](N)CCCN)cc(Cl)c1O. The van der Waals surface area contributed by atoms with E-state index in [4.69, 9.17) is 27.8 Å². The van der Waals surface area contributed by atoms with E-state index in [1.54, 1.807) is 12.1 Å². The molecule has 0 saturated carbocycles. The average Bonchev–Trinajstić information content (AvgIpc) is 2.29. The van der Waals surface area contributed by atoms with E-state index < -0.39 is 0 Å². The molecule has 1 aromatic rings. The zero-order valence-electron chi connectivity index (χ0n) is 9.24. The van der Waals surface area contributed by atoms with Crippen molar-refractivity contribution in [2.24, 2.45) is 11.5 Å². The van der Waals surface area contributed by atoms with Crippen LogP contribution in [0.15, 0.2) is 12.1 Å². The Morgan fingerprint density at radius 1 is 1.50 bits per heavy atom. The summed E-state index contributed by atoms with van der Waals surface area (Å²) in [4.78, 5) is 0. The molecule has 16 heavy (non-hydrogen) atoms. The highest BCUT2D eigenvalue weighted by Crippen LogP contribution is 2.36. The number of methoxy groups -OCH3 is 1. The van der Waals surface area contributed by atoms with E-state index in [1.807, 2.05) is 0 Å². The molecule has 0 fully saturated rings. The van der Waals surface area contributed by atoms with Crippen LogP contribution >= 0.6 is 11.6 Å². The lowest BCUT2D eigenvalue weighted by Gasteiger charge is -2.14. The van der Waals surface area contributed by atoms with Crippen LogP contribution < -0.4 is 16.2 Å². The fourth-order valence-corrected chi connectivity index (χ4v) is 1.69. The van der Waals surface area contributed by atoms with Crippen molar-refractivity contribution in [3.63, 3.8) is 0 Å². The Hall–Kier alpha value is -0.970. The zero-order valence-corrected chi connectivity index (χ0v) is 10.00. The molecule has 0 unspecified atom stereocenters. The third-order valence-electron chi connectivity index (χ3n) is 2.42. The smallest absolute Gasteiger partial charge is 0.176 e. The second-order valence-corrected chi connectivity index (χ2v) is 4.00. The Morgan fingerprint density at radius 3 is 2.75 bits per heavy atom. The Bertz CT molecular complexity index is 358. The van der Waals surface area contributed by atoms with Crippen molar-refractivity contribution >= 4 is 11.6 Å². The molecule has 0 aliphatic carbocycles.